The van der Waals surface area contributed by atoms with E-state index in [2.05, 4.69) is 13.8 Å². The number of benzene rings is 1. The van der Waals surface area contributed by atoms with E-state index < -0.39 is 5.97 Å². The average Bonchev–Trinajstić information content (AvgIpc) is 2.63. The normalized spacial score (nSPS) is 12.6. The Morgan fingerprint density at radius 3 is 2.33 bits per heavy atom. The van der Waals surface area contributed by atoms with Crippen LogP contribution in [0.25, 0.3) is 5.57 Å². The van der Waals surface area contributed by atoms with Crippen LogP contribution >= 0.6 is 0 Å². The number of phenolic OH excluding ortho intramolecular Hbond substituents is 1. The van der Waals surface area contributed by atoms with Crippen LogP contribution in [0.4, 0.5) is 0 Å². The Morgan fingerprint density at radius 2 is 1.89 bits per heavy atom. The molecule has 6 nitrogen and oxygen atoms in total. The van der Waals surface area contributed by atoms with Crippen molar-refractivity contribution in [3.8, 4) is 17.2 Å². The molecule has 0 spiro atoms. The SMILES string of the molecule is CCCCC(CC)Cc1c(C(=CC(=O)O)C(C)=O)cc(OC)c(O)c1OC. The molecule has 1 aromatic carbocycles. The Balaban J connectivity index is 3.67. The number of carbonyl (C=O) groups excluding carboxylic acids is 1. The van der Waals surface area contributed by atoms with Crippen molar-refractivity contribution in [2.75, 3.05) is 14.2 Å². The van der Waals surface area contributed by atoms with Crippen LogP contribution in [-0.4, -0.2) is 36.2 Å². The van der Waals surface area contributed by atoms with Crippen LogP contribution in [0.2, 0.25) is 0 Å². The second-order valence-corrected chi connectivity index (χ2v) is 6.56. The van der Waals surface area contributed by atoms with E-state index in [0.29, 0.717) is 23.5 Å². The van der Waals surface area contributed by atoms with Crippen LogP contribution in [-0.2, 0) is 16.0 Å². The van der Waals surface area contributed by atoms with Crippen LogP contribution in [0.1, 0.15) is 57.6 Å². The predicted molar refractivity (Wildman–Crippen MR) is 105 cm³/mol. The summed E-state index contributed by atoms with van der Waals surface area (Å²) < 4.78 is 10.6. The number of carboxylic acids is 1. The van der Waals surface area contributed by atoms with E-state index in [4.69, 9.17) is 9.47 Å². The molecule has 27 heavy (non-hydrogen) atoms. The molecule has 0 bridgehead atoms. The van der Waals surface area contributed by atoms with Gasteiger partial charge in [-0.2, -0.15) is 0 Å². The number of ketones is 1. The lowest BCUT2D eigenvalue weighted by atomic mass is 9.86. The molecule has 6 heteroatoms. The second-order valence-electron chi connectivity index (χ2n) is 6.56. The Hall–Kier alpha value is -2.50. The minimum Gasteiger partial charge on any atom is -0.502 e. The molecule has 0 saturated carbocycles. The lowest BCUT2D eigenvalue weighted by molar-refractivity contribution is -0.131. The molecule has 0 amide bonds. The van der Waals surface area contributed by atoms with Crippen LogP contribution < -0.4 is 9.47 Å². The number of rotatable bonds is 11. The van der Waals surface area contributed by atoms with Crippen LogP contribution in [0.3, 0.4) is 0 Å². The largest absolute Gasteiger partial charge is 0.502 e. The number of hydrogen-bond donors (Lipinski definition) is 2. The molecule has 1 unspecified atom stereocenters. The highest BCUT2D eigenvalue weighted by Gasteiger charge is 2.25. The number of carbonyl (C=O) groups is 2. The summed E-state index contributed by atoms with van der Waals surface area (Å²) in [6.07, 6.45) is 5.53. The van der Waals surface area contributed by atoms with Gasteiger partial charge in [-0.25, -0.2) is 4.79 Å². The number of carboxylic acid groups (broad SMARTS) is 1. The number of Topliss-reactive ketones (excluding diaryl/α,β-unsaturated/α-hetero) is 1. The third-order valence-electron chi connectivity index (χ3n) is 4.72. The fourth-order valence-electron chi connectivity index (χ4n) is 3.21. The predicted octanol–water partition coefficient (Wildman–Crippen LogP) is 4.23. The molecule has 0 aliphatic rings. The van der Waals surface area contributed by atoms with E-state index in [1.165, 1.54) is 27.2 Å². The van der Waals surface area contributed by atoms with E-state index in [1.807, 2.05) is 0 Å². The molecule has 0 saturated heterocycles. The summed E-state index contributed by atoms with van der Waals surface area (Å²) in [5.41, 5.74) is 1.10. The van der Waals surface area contributed by atoms with Gasteiger partial charge < -0.3 is 19.7 Å². The molecule has 0 aliphatic heterocycles. The van der Waals surface area contributed by atoms with Crippen molar-refractivity contribution >= 4 is 17.3 Å². The first-order valence-electron chi connectivity index (χ1n) is 9.23. The number of aliphatic carboxylic acids is 1. The van der Waals surface area contributed by atoms with Crippen molar-refractivity contribution in [2.45, 2.75) is 52.9 Å². The van der Waals surface area contributed by atoms with Gasteiger partial charge in [0, 0.05) is 17.2 Å². The maximum absolute atomic E-state index is 12.2. The number of unbranched alkanes of at least 4 members (excludes halogenated alkanes) is 1. The van der Waals surface area contributed by atoms with E-state index in [-0.39, 0.29) is 28.6 Å². The Kier molecular flexibility index (Phi) is 8.85. The van der Waals surface area contributed by atoms with Crippen LogP contribution in [0.5, 0.6) is 17.2 Å². The molecule has 0 aliphatic carbocycles. The molecule has 1 aromatic rings. The lowest BCUT2D eigenvalue weighted by Crippen LogP contribution is -2.11. The van der Waals surface area contributed by atoms with Gasteiger partial charge in [0.25, 0.3) is 0 Å². The highest BCUT2D eigenvalue weighted by atomic mass is 16.5. The van der Waals surface area contributed by atoms with E-state index in [1.54, 1.807) is 0 Å². The molecule has 0 fully saturated rings. The summed E-state index contributed by atoms with van der Waals surface area (Å²) in [5.74, 6) is -1.07. The highest BCUT2D eigenvalue weighted by Crippen LogP contribution is 2.44. The zero-order valence-corrected chi connectivity index (χ0v) is 16.8. The second kappa shape index (κ2) is 10.6. The summed E-state index contributed by atoms with van der Waals surface area (Å²) in [6.45, 7) is 5.54. The molecule has 1 atom stereocenters. The summed E-state index contributed by atoms with van der Waals surface area (Å²) in [6, 6.07) is 1.51. The van der Waals surface area contributed by atoms with Crippen molar-refractivity contribution in [1.29, 1.82) is 0 Å². The number of methoxy groups -OCH3 is 2. The third kappa shape index (κ3) is 5.74. The number of phenols is 1. The minimum atomic E-state index is -1.21. The topological polar surface area (TPSA) is 93.1 Å². The summed E-state index contributed by atoms with van der Waals surface area (Å²) in [5, 5.41) is 19.7. The number of hydrogen-bond acceptors (Lipinski definition) is 5. The van der Waals surface area contributed by atoms with Gasteiger partial charge in [-0.05, 0) is 30.9 Å². The van der Waals surface area contributed by atoms with Gasteiger partial charge in [0.2, 0.25) is 5.75 Å². The summed E-state index contributed by atoms with van der Waals surface area (Å²) >= 11 is 0. The monoisotopic (exact) mass is 378 g/mol. The fraction of sp³-hybridized carbons (Fsp3) is 0.524. The maximum atomic E-state index is 12.2. The number of ether oxygens (including phenoxy) is 2. The smallest absolute Gasteiger partial charge is 0.329 e. The van der Waals surface area contributed by atoms with Crippen molar-refractivity contribution in [2.24, 2.45) is 5.92 Å². The third-order valence-corrected chi connectivity index (χ3v) is 4.72. The van der Waals surface area contributed by atoms with Gasteiger partial charge in [-0.3, -0.25) is 4.79 Å². The van der Waals surface area contributed by atoms with Gasteiger partial charge in [0.05, 0.1) is 14.2 Å². The zero-order valence-electron chi connectivity index (χ0n) is 16.8. The molecule has 150 valence electrons. The standard InChI is InChI=1S/C21H30O6/c1-6-8-9-14(7-2)10-17-16(15(13(3)22)12-19(23)24)11-18(26-4)20(25)21(17)27-5/h11-12,14,25H,6-10H2,1-5H3,(H,23,24). The Bertz CT molecular complexity index is 705. The van der Waals surface area contributed by atoms with Gasteiger partial charge in [0.15, 0.2) is 17.3 Å². The zero-order chi connectivity index (χ0) is 20.6. The van der Waals surface area contributed by atoms with Crippen molar-refractivity contribution in [3.05, 3.63) is 23.3 Å². The van der Waals surface area contributed by atoms with Crippen molar-refractivity contribution in [3.63, 3.8) is 0 Å². The molecule has 2 N–H and O–H groups in total. The fourth-order valence-corrected chi connectivity index (χ4v) is 3.21. The Morgan fingerprint density at radius 1 is 1.22 bits per heavy atom. The van der Waals surface area contributed by atoms with E-state index in [0.717, 1.165) is 31.8 Å². The number of allylic oxidation sites excluding steroid dienone is 1. The maximum Gasteiger partial charge on any atom is 0.329 e. The Labute approximate surface area is 160 Å². The molecule has 0 radical (unpaired) electrons. The molecule has 0 heterocycles. The first kappa shape index (κ1) is 22.5. The first-order valence-corrected chi connectivity index (χ1v) is 9.23. The first-order chi connectivity index (χ1) is 12.8. The average molecular weight is 378 g/mol. The van der Waals surface area contributed by atoms with Gasteiger partial charge in [0.1, 0.15) is 0 Å². The lowest BCUT2D eigenvalue weighted by Gasteiger charge is -2.22. The van der Waals surface area contributed by atoms with E-state index >= 15 is 0 Å². The minimum absolute atomic E-state index is 0.0550. The highest BCUT2D eigenvalue weighted by molar-refractivity contribution is 6.23. The molecular weight excluding hydrogens is 348 g/mol. The van der Waals surface area contributed by atoms with Gasteiger partial charge in [-0.15, -0.1) is 0 Å². The van der Waals surface area contributed by atoms with Crippen LogP contribution in [0.15, 0.2) is 12.1 Å². The quantitative estimate of drug-likeness (QED) is 0.560. The van der Waals surface area contributed by atoms with E-state index in [9.17, 15) is 19.8 Å². The molecule has 0 aromatic heterocycles. The van der Waals surface area contributed by atoms with Crippen molar-refractivity contribution < 1.29 is 29.3 Å². The summed E-state index contributed by atoms with van der Waals surface area (Å²) in [4.78, 5) is 23.4. The van der Waals surface area contributed by atoms with Crippen LogP contribution in [0, 0.1) is 5.92 Å². The van der Waals surface area contributed by atoms with Gasteiger partial charge in [-0.1, -0.05) is 39.5 Å². The molecular formula is C21H30O6. The summed E-state index contributed by atoms with van der Waals surface area (Å²) in [7, 11) is 2.82. The molecule has 1 rings (SSSR count). The van der Waals surface area contributed by atoms with Crippen molar-refractivity contribution in [1.82, 2.24) is 0 Å². The number of aromatic hydroxyl groups is 1. The van der Waals surface area contributed by atoms with Gasteiger partial charge >= 0.3 is 5.97 Å².